The molecule has 0 bridgehead atoms. The number of ketones is 1. The topological polar surface area (TPSA) is 92.0 Å². The van der Waals surface area contributed by atoms with E-state index in [9.17, 15) is 14.7 Å². The summed E-state index contributed by atoms with van der Waals surface area (Å²) in [6, 6.07) is 10.3. The average molecular weight is 505 g/mol. The minimum absolute atomic E-state index is 0.0749. The highest BCUT2D eigenvalue weighted by atomic mass is 16.5. The second-order valence-corrected chi connectivity index (χ2v) is 9.89. The first-order chi connectivity index (χ1) is 17.8. The van der Waals surface area contributed by atoms with Crippen molar-refractivity contribution < 1.29 is 19.1 Å². The maximum atomic E-state index is 13.0. The van der Waals surface area contributed by atoms with Crippen LogP contribution in [0.5, 0.6) is 11.5 Å². The fourth-order valence-electron chi connectivity index (χ4n) is 4.54. The van der Waals surface area contributed by atoms with E-state index >= 15 is 0 Å². The molecule has 2 N–H and O–H groups in total. The van der Waals surface area contributed by atoms with Crippen LogP contribution in [0, 0.1) is 6.92 Å². The number of fused-ring (bicyclic) bond motifs is 1. The number of allylic oxidation sites excluding steroid dienone is 2. The van der Waals surface area contributed by atoms with Crippen LogP contribution in [0.4, 0.5) is 0 Å². The summed E-state index contributed by atoms with van der Waals surface area (Å²) in [6.45, 7) is 11.6. The van der Waals surface area contributed by atoms with Crippen LogP contribution >= 0.6 is 0 Å². The Labute approximate surface area is 217 Å². The summed E-state index contributed by atoms with van der Waals surface area (Å²) >= 11 is 0. The SMILES string of the molecule is CC(C)=CCc1cc(C(=O)Cc2cc3ccc(OCCCN4CCNCC4)c(C)c3oc2=O)ccc1O. The van der Waals surface area contributed by atoms with Gasteiger partial charge < -0.3 is 24.5 Å². The Kier molecular flexibility index (Phi) is 8.79. The van der Waals surface area contributed by atoms with Gasteiger partial charge in [0.1, 0.15) is 17.1 Å². The van der Waals surface area contributed by atoms with Gasteiger partial charge in [0.15, 0.2) is 5.78 Å². The number of benzene rings is 2. The molecule has 7 heteroatoms. The number of rotatable bonds is 10. The van der Waals surface area contributed by atoms with Gasteiger partial charge in [-0.25, -0.2) is 4.79 Å². The van der Waals surface area contributed by atoms with E-state index in [0.29, 0.717) is 41.1 Å². The minimum Gasteiger partial charge on any atom is -0.508 e. The molecular weight excluding hydrogens is 468 g/mol. The lowest BCUT2D eigenvalue weighted by atomic mass is 9.99. The van der Waals surface area contributed by atoms with Gasteiger partial charge >= 0.3 is 5.63 Å². The Balaban J connectivity index is 1.44. The van der Waals surface area contributed by atoms with Crippen LogP contribution < -0.4 is 15.7 Å². The van der Waals surface area contributed by atoms with E-state index in [4.69, 9.17) is 9.15 Å². The van der Waals surface area contributed by atoms with E-state index in [0.717, 1.165) is 55.7 Å². The summed E-state index contributed by atoms with van der Waals surface area (Å²) in [7, 11) is 0. The summed E-state index contributed by atoms with van der Waals surface area (Å²) < 4.78 is 11.7. The van der Waals surface area contributed by atoms with E-state index < -0.39 is 5.63 Å². The first-order valence-corrected chi connectivity index (χ1v) is 12.9. The first-order valence-electron chi connectivity index (χ1n) is 12.9. The van der Waals surface area contributed by atoms with Gasteiger partial charge in [-0.05, 0) is 75.6 Å². The summed E-state index contributed by atoms with van der Waals surface area (Å²) in [5.41, 5.74) is 3.29. The van der Waals surface area contributed by atoms with E-state index in [-0.39, 0.29) is 18.0 Å². The van der Waals surface area contributed by atoms with Gasteiger partial charge in [0, 0.05) is 61.2 Å². The highest BCUT2D eigenvalue weighted by Gasteiger charge is 2.16. The number of hydrogen-bond acceptors (Lipinski definition) is 7. The van der Waals surface area contributed by atoms with Gasteiger partial charge in [-0.15, -0.1) is 0 Å². The van der Waals surface area contributed by atoms with Gasteiger partial charge in [-0.1, -0.05) is 11.6 Å². The van der Waals surface area contributed by atoms with Crippen molar-refractivity contribution in [3.8, 4) is 11.5 Å². The molecule has 1 aliphatic heterocycles. The zero-order valence-corrected chi connectivity index (χ0v) is 21.9. The molecule has 4 rings (SSSR count). The maximum Gasteiger partial charge on any atom is 0.339 e. The molecule has 0 spiro atoms. The molecule has 1 aliphatic rings. The summed E-state index contributed by atoms with van der Waals surface area (Å²) in [4.78, 5) is 28.2. The Morgan fingerprint density at radius 3 is 2.68 bits per heavy atom. The predicted molar refractivity (Wildman–Crippen MR) is 146 cm³/mol. The molecule has 0 atom stereocenters. The highest BCUT2D eigenvalue weighted by molar-refractivity contribution is 5.98. The number of ether oxygens (including phenoxy) is 1. The van der Waals surface area contributed by atoms with Gasteiger partial charge in [-0.3, -0.25) is 4.79 Å². The molecule has 0 saturated carbocycles. The molecule has 3 aromatic rings. The van der Waals surface area contributed by atoms with E-state index in [1.54, 1.807) is 18.2 Å². The Morgan fingerprint density at radius 2 is 1.92 bits per heavy atom. The van der Waals surface area contributed by atoms with E-state index in [1.807, 2.05) is 39.0 Å². The third-order valence-electron chi connectivity index (χ3n) is 6.74. The number of piperazine rings is 1. The lowest BCUT2D eigenvalue weighted by molar-refractivity contribution is 0.0992. The van der Waals surface area contributed by atoms with E-state index in [2.05, 4.69) is 10.2 Å². The molecular formula is C30H36N2O5. The van der Waals surface area contributed by atoms with Crippen LogP contribution in [0.25, 0.3) is 11.0 Å². The smallest absolute Gasteiger partial charge is 0.339 e. The van der Waals surface area contributed by atoms with Crippen molar-refractivity contribution in [2.75, 3.05) is 39.3 Å². The van der Waals surface area contributed by atoms with Gasteiger partial charge in [0.05, 0.1) is 6.61 Å². The summed E-state index contributed by atoms with van der Waals surface area (Å²) in [6.07, 6.45) is 3.38. The van der Waals surface area contributed by atoms with Crippen LogP contribution in [0.3, 0.4) is 0 Å². The summed E-state index contributed by atoms with van der Waals surface area (Å²) in [5, 5.41) is 14.2. The van der Waals surface area contributed by atoms with Crippen molar-refractivity contribution in [3.05, 3.63) is 80.7 Å². The van der Waals surface area contributed by atoms with Crippen LogP contribution in [0.2, 0.25) is 0 Å². The average Bonchev–Trinajstić information content (AvgIpc) is 2.88. The number of aromatic hydroxyl groups is 1. The number of nitrogens with one attached hydrogen (secondary N) is 1. The van der Waals surface area contributed by atoms with Gasteiger partial charge in [0.25, 0.3) is 0 Å². The number of phenols is 1. The molecule has 0 amide bonds. The first kappa shape index (κ1) is 26.6. The molecule has 37 heavy (non-hydrogen) atoms. The lowest BCUT2D eigenvalue weighted by Crippen LogP contribution is -2.43. The van der Waals surface area contributed by atoms with Crippen molar-refractivity contribution in [1.82, 2.24) is 10.2 Å². The third-order valence-corrected chi connectivity index (χ3v) is 6.74. The molecule has 7 nitrogen and oxygen atoms in total. The molecule has 2 heterocycles. The number of carbonyl (C=O) groups is 1. The Hall–Kier alpha value is -3.42. The number of aryl methyl sites for hydroxylation is 1. The molecule has 1 fully saturated rings. The molecule has 196 valence electrons. The normalized spacial score (nSPS) is 14.0. The van der Waals surface area contributed by atoms with Crippen molar-refractivity contribution in [3.63, 3.8) is 0 Å². The number of Topliss-reactive ketones (excluding diaryl/α,β-unsaturated/α-hetero) is 1. The molecule has 0 aliphatic carbocycles. The van der Waals surface area contributed by atoms with Crippen LogP contribution in [0.15, 0.2) is 57.3 Å². The molecule has 1 saturated heterocycles. The number of phenolic OH excluding ortho intramolecular Hbond substituents is 1. The maximum absolute atomic E-state index is 13.0. The van der Waals surface area contributed by atoms with Crippen molar-refractivity contribution in [2.45, 2.75) is 40.0 Å². The Bertz CT molecular complexity index is 1350. The van der Waals surface area contributed by atoms with Crippen LogP contribution in [-0.2, 0) is 12.8 Å². The largest absolute Gasteiger partial charge is 0.508 e. The van der Waals surface area contributed by atoms with Gasteiger partial charge in [0.2, 0.25) is 0 Å². The van der Waals surface area contributed by atoms with E-state index in [1.165, 1.54) is 6.07 Å². The standard InChI is InChI=1S/C30H36N2O5/c1-20(2)5-6-22-17-23(7-9-26(22)33)27(34)19-25-18-24-8-10-28(21(3)29(24)37-30(25)35)36-16-4-13-32-14-11-31-12-15-32/h5,7-10,17-18,31,33H,4,6,11-16,19H2,1-3H3. The number of hydrogen-bond donors (Lipinski definition) is 2. The Morgan fingerprint density at radius 1 is 1.14 bits per heavy atom. The zero-order chi connectivity index (χ0) is 26.4. The quantitative estimate of drug-likeness (QED) is 0.183. The fraction of sp³-hybridized carbons (Fsp3) is 0.400. The second-order valence-electron chi connectivity index (χ2n) is 9.89. The fourth-order valence-corrected chi connectivity index (χ4v) is 4.54. The van der Waals surface area contributed by atoms with Crippen molar-refractivity contribution in [1.29, 1.82) is 0 Å². The number of carbonyl (C=O) groups excluding carboxylic acids is 1. The van der Waals surface area contributed by atoms with Crippen molar-refractivity contribution >= 4 is 16.8 Å². The molecule has 0 radical (unpaired) electrons. The predicted octanol–water partition coefficient (Wildman–Crippen LogP) is 4.42. The minimum atomic E-state index is -0.525. The number of nitrogens with zero attached hydrogens (tertiary/aromatic N) is 1. The van der Waals surface area contributed by atoms with Crippen LogP contribution in [-0.4, -0.2) is 55.1 Å². The van der Waals surface area contributed by atoms with Crippen LogP contribution in [0.1, 0.15) is 47.3 Å². The molecule has 2 aromatic carbocycles. The van der Waals surface area contributed by atoms with Gasteiger partial charge in [-0.2, -0.15) is 0 Å². The monoisotopic (exact) mass is 504 g/mol. The third kappa shape index (κ3) is 6.87. The second kappa shape index (κ2) is 12.2. The lowest BCUT2D eigenvalue weighted by Gasteiger charge is -2.27. The zero-order valence-electron chi connectivity index (χ0n) is 21.9. The highest BCUT2D eigenvalue weighted by Crippen LogP contribution is 2.27. The molecule has 0 unspecified atom stereocenters. The molecule has 1 aromatic heterocycles. The summed E-state index contributed by atoms with van der Waals surface area (Å²) in [5.74, 6) is 0.649. The van der Waals surface area contributed by atoms with Crippen molar-refractivity contribution in [2.24, 2.45) is 0 Å².